The van der Waals surface area contributed by atoms with Crippen molar-refractivity contribution in [3.05, 3.63) is 58.9 Å². The van der Waals surface area contributed by atoms with E-state index in [1.165, 1.54) is 0 Å². The normalized spacial score (nSPS) is 10.9. The molecule has 3 aromatic rings. The maximum absolute atomic E-state index is 5.47. The van der Waals surface area contributed by atoms with Crippen LogP contribution >= 0.6 is 12.2 Å². The van der Waals surface area contributed by atoms with Crippen molar-refractivity contribution in [2.24, 2.45) is 5.10 Å². The molecular weight excluding hydrogens is 362 g/mol. The Morgan fingerprint density at radius 3 is 2.22 bits per heavy atom. The highest BCUT2D eigenvalue weighted by molar-refractivity contribution is 7.71. The first-order valence-electron chi connectivity index (χ1n) is 8.64. The Kier molecular flexibility index (Phi) is 6.22. The number of nitrogens with one attached hydrogen (secondary N) is 2. The Morgan fingerprint density at radius 2 is 1.63 bits per heavy atom. The second kappa shape index (κ2) is 9.00. The zero-order valence-electron chi connectivity index (χ0n) is 15.2. The van der Waals surface area contributed by atoms with E-state index in [1.54, 1.807) is 10.9 Å². The number of aromatic amines is 1. The first-order valence-corrected chi connectivity index (χ1v) is 9.04. The quantitative estimate of drug-likeness (QED) is 0.349. The van der Waals surface area contributed by atoms with Crippen molar-refractivity contribution in [3.8, 4) is 22.9 Å². The van der Waals surface area contributed by atoms with Crippen molar-refractivity contribution in [2.75, 3.05) is 18.7 Å². The summed E-state index contributed by atoms with van der Waals surface area (Å²) in [4.78, 5) is 0. The van der Waals surface area contributed by atoms with Crippen LogP contribution in [-0.4, -0.2) is 34.3 Å². The summed E-state index contributed by atoms with van der Waals surface area (Å²) in [6.45, 7) is 5.17. The average Bonchev–Trinajstić information content (AvgIpc) is 3.05. The third kappa shape index (κ3) is 4.73. The molecule has 8 heteroatoms. The Morgan fingerprint density at radius 1 is 1.04 bits per heavy atom. The number of benzene rings is 2. The van der Waals surface area contributed by atoms with E-state index in [1.807, 2.05) is 62.4 Å². The lowest BCUT2D eigenvalue weighted by atomic mass is 10.2. The molecule has 0 fully saturated rings. The second-order valence-electron chi connectivity index (χ2n) is 5.51. The van der Waals surface area contributed by atoms with E-state index in [4.69, 9.17) is 21.7 Å². The van der Waals surface area contributed by atoms with Crippen LogP contribution in [0.25, 0.3) is 11.4 Å². The summed E-state index contributed by atoms with van der Waals surface area (Å²) < 4.78 is 12.9. The predicted molar refractivity (Wildman–Crippen MR) is 109 cm³/mol. The standard InChI is InChI=1S/C19H21N5O2S/c1-3-25-16-9-5-14(6-10-16)13-20-23-24-18(21-22-19(24)27)15-7-11-17(12-8-15)26-4-2/h5-13,23H,3-4H2,1-2H3,(H,22,27)/b20-13+. The van der Waals surface area contributed by atoms with E-state index in [9.17, 15) is 0 Å². The molecule has 0 radical (unpaired) electrons. The van der Waals surface area contributed by atoms with Crippen LogP contribution in [0.1, 0.15) is 19.4 Å². The molecule has 7 nitrogen and oxygen atoms in total. The zero-order valence-corrected chi connectivity index (χ0v) is 16.0. The van der Waals surface area contributed by atoms with E-state index in [0.29, 0.717) is 23.8 Å². The van der Waals surface area contributed by atoms with Crippen molar-refractivity contribution in [2.45, 2.75) is 13.8 Å². The molecule has 0 aliphatic carbocycles. The Labute approximate surface area is 162 Å². The maximum Gasteiger partial charge on any atom is 0.216 e. The van der Waals surface area contributed by atoms with Crippen LogP contribution in [0.5, 0.6) is 11.5 Å². The van der Waals surface area contributed by atoms with Gasteiger partial charge in [0.05, 0.1) is 19.4 Å². The van der Waals surface area contributed by atoms with E-state index < -0.39 is 0 Å². The third-order valence-corrected chi connectivity index (χ3v) is 3.93. The van der Waals surface area contributed by atoms with Crippen LogP contribution in [0, 0.1) is 4.77 Å². The summed E-state index contributed by atoms with van der Waals surface area (Å²) in [6, 6.07) is 15.3. The number of hydrogen-bond donors (Lipinski definition) is 2. The van der Waals surface area contributed by atoms with Gasteiger partial charge in [-0.25, -0.2) is 10.6 Å². The highest BCUT2D eigenvalue weighted by atomic mass is 32.1. The SMILES string of the molecule is CCOc1ccc(/C=N/Nn2c(-c3ccc(OCC)cc3)n[nH]c2=S)cc1. The average molecular weight is 383 g/mol. The smallest absolute Gasteiger partial charge is 0.216 e. The minimum Gasteiger partial charge on any atom is -0.494 e. The number of H-pyrrole nitrogens is 1. The van der Waals surface area contributed by atoms with Gasteiger partial charge in [0.15, 0.2) is 5.82 Å². The number of rotatable bonds is 8. The van der Waals surface area contributed by atoms with Gasteiger partial charge in [0.25, 0.3) is 0 Å². The topological polar surface area (TPSA) is 76.5 Å². The van der Waals surface area contributed by atoms with E-state index in [0.717, 1.165) is 22.6 Å². The van der Waals surface area contributed by atoms with Crippen LogP contribution in [-0.2, 0) is 0 Å². The third-order valence-electron chi connectivity index (χ3n) is 3.66. The lowest BCUT2D eigenvalue weighted by Crippen LogP contribution is -2.10. The Bertz CT molecular complexity index is 945. The van der Waals surface area contributed by atoms with Crippen molar-refractivity contribution in [1.82, 2.24) is 14.9 Å². The molecule has 0 unspecified atom stereocenters. The summed E-state index contributed by atoms with van der Waals surface area (Å²) >= 11 is 5.28. The molecule has 0 spiro atoms. The van der Waals surface area contributed by atoms with Crippen molar-refractivity contribution in [3.63, 3.8) is 0 Å². The lowest BCUT2D eigenvalue weighted by Gasteiger charge is -2.07. The van der Waals surface area contributed by atoms with E-state index in [2.05, 4.69) is 20.8 Å². The molecule has 1 aromatic heterocycles. The summed E-state index contributed by atoms with van der Waals surface area (Å²) in [6.07, 6.45) is 1.70. The summed E-state index contributed by atoms with van der Waals surface area (Å²) in [5, 5.41) is 11.3. The lowest BCUT2D eigenvalue weighted by molar-refractivity contribution is 0.340. The fourth-order valence-electron chi connectivity index (χ4n) is 2.43. The minimum absolute atomic E-state index is 0.419. The summed E-state index contributed by atoms with van der Waals surface area (Å²) in [5.41, 5.74) is 4.73. The largest absolute Gasteiger partial charge is 0.494 e. The van der Waals surface area contributed by atoms with Gasteiger partial charge in [-0.15, -0.1) is 0 Å². The molecular formula is C19H21N5O2S. The number of hydrogen-bond acceptors (Lipinski definition) is 6. The molecule has 0 bridgehead atoms. The highest BCUT2D eigenvalue weighted by Gasteiger charge is 2.08. The molecule has 0 amide bonds. The molecule has 0 saturated carbocycles. The maximum atomic E-state index is 5.47. The predicted octanol–water partition coefficient (Wildman–Crippen LogP) is 3.98. The van der Waals surface area contributed by atoms with Gasteiger partial charge in [0.1, 0.15) is 11.5 Å². The van der Waals surface area contributed by atoms with Gasteiger partial charge < -0.3 is 9.47 Å². The van der Waals surface area contributed by atoms with Gasteiger partial charge in [0, 0.05) is 5.56 Å². The van der Waals surface area contributed by atoms with Gasteiger partial charge in [-0.1, -0.05) is 0 Å². The number of nitrogens with zero attached hydrogens (tertiary/aromatic N) is 3. The molecule has 0 aliphatic heterocycles. The van der Waals surface area contributed by atoms with Crippen LogP contribution in [0.2, 0.25) is 0 Å². The van der Waals surface area contributed by atoms with Crippen LogP contribution < -0.4 is 15.0 Å². The van der Waals surface area contributed by atoms with E-state index >= 15 is 0 Å². The molecule has 3 rings (SSSR count). The van der Waals surface area contributed by atoms with Crippen molar-refractivity contribution < 1.29 is 9.47 Å². The molecule has 1 heterocycles. The van der Waals surface area contributed by atoms with Crippen LogP contribution in [0.15, 0.2) is 53.6 Å². The number of aromatic nitrogens is 3. The highest BCUT2D eigenvalue weighted by Crippen LogP contribution is 2.20. The van der Waals surface area contributed by atoms with Crippen molar-refractivity contribution in [1.29, 1.82) is 0 Å². The fourth-order valence-corrected chi connectivity index (χ4v) is 2.60. The molecule has 0 aliphatic rings. The molecule has 2 aromatic carbocycles. The first kappa shape index (κ1) is 18.7. The second-order valence-corrected chi connectivity index (χ2v) is 5.89. The minimum atomic E-state index is 0.419. The van der Waals surface area contributed by atoms with Gasteiger partial charge in [-0.05, 0) is 80.2 Å². The van der Waals surface area contributed by atoms with Gasteiger partial charge in [0.2, 0.25) is 4.77 Å². The van der Waals surface area contributed by atoms with Gasteiger partial charge >= 0.3 is 0 Å². The van der Waals surface area contributed by atoms with Crippen molar-refractivity contribution >= 4 is 18.4 Å². The number of hydrazone groups is 1. The zero-order chi connectivity index (χ0) is 19.1. The number of ether oxygens (including phenoxy) is 2. The Balaban J connectivity index is 1.73. The Hall–Kier alpha value is -3.13. The van der Waals surface area contributed by atoms with Gasteiger partial charge in [-0.3, -0.25) is 0 Å². The monoisotopic (exact) mass is 383 g/mol. The summed E-state index contributed by atoms with van der Waals surface area (Å²) in [7, 11) is 0. The van der Waals surface area contributed by atoms with Crippen LogP contribution in [0.3, 0.4) is 0 Å². The fraction of sp³-hybridized carbons (Fsp3) is 0.211. The van der Waals surface area contributed by atoms with E-state index in [-0.39, 0.29) is 0 Å². The van der Waals surface area contributed by atoms with Crippen LogP contribution in [0.4, 0.5) is 0 Å². The summed E-state index contributed by atoms with van der Waals surface area (Å²) in [5.74, 6) is 2.27. The first-order chi connectivity index (χ1) is 13.2. The molecule has 0 atom stereocenters. The molecule has 27 heavy (non-hydrogen) atoms. The molecule has 140 valence electrons. The van der Waals surface area contributed by atoms with Gasteiger partial charge in [-0.2, -0.15) is 14.9 Å². The molecule has 2 N–H and O–H groups in total. The molecule has 0 saturated heterocycles.